The van der Waals surface area contributed by atoms with Crippen LogP contribution in [-0.4, -0.2) is 31.9 Å². The first kappa shape index (κ1) is 18.4. The van der Waals surface area contributed by atoms with Gasteiger partial charge in [-0.1, -0.05) is 6.07 Å². The van der Waals surface area contributed by atoms with Crippen LogP contribution < -0.4 is 10.1 Å². The standard InChI is InChI=1S/C15H16F5NO3/c16-14(17)24-10-4-5-11-9(6-10)2-1-3-12(11)21-13(22)7-23-8-15(18,19)20/h4-6,12,14H,1-3,7-8H2,(H,21,22)/t12-/m1/s1. The highest BCUT2D eigenvalue weighted by Gasteiger charge is 2.28. The van der Waals surface area contributed by atoms with E-state index in [1.807, 2.05) is 0 Å². The minimum Gasteiger partial charge on any atom is -0.435 e. The van der Waals surface area contributed by atoms with E-state index in [1.54, 1.807) is 6.07 Å². The molecule has 9 heteroatoms. The lowest BCUT2D eigenvalue weighted by molar-refractivity contribution is -0.175. The Morgan fingerprint density at radius 2 is 2.08 bits per heavy atom. The van der Waals surface area contributed by atoms with Crippen molar-refractivity contribution in [3.05, 3.63) is 29.3 Å². The van der Waals surface area contributed by atoms with Crippen molar-refractivity contribution in [2.45, 2.75) is 38.1 Å². The molecule has 0 aliphatic heterocycles. The van der Waals surface area contributed by atoms with Crippen LogP contribution in [-0.2, 0) is 16.0 Å². The van der Waals surface area contributed by atoms with E-state index in [0.29, 0.717) is 19.3 Å². The van der Waals surface area contributed by atoms with E-state index in [-0.39, 0.29) is 5.75 Å². The topological polar surface area (TPSA) is 47.6 Å². The van der Waals surface area contributed by atoms with Crippen LogP contribution >= 0.6 is 0 Å². The zero-order valence-corrected chi connectivity index (χ0v) is 12.5. The van der Waals surface area contributed by atoms with Gasteiger partial charge in [0.05, 0.1) is 6.04 Å². The van der Waals surface area contributed by atoms with Gasteiger partial charge in [-0.2, -0.15) is 22.0 Å². The number of fused-ring (bicyclic) bond motifs is 1. The van der Waals surface area contributed by atoms with Gasteiger partial charge in [-0.05, 0) is 42.5 Å². The second-order valence-electron chi connectivity index (χ2n) is 5.36. The number of carbonyl (C=O) groups excluding carboxylic acids is 1. The molecule has 24 heavy (non-hydrogen) atoms. The smallest absolute Gasteiger partial charge is 0.411 e. The van der Waals surface area contributed by atoms with E-state index in [9.17, 15) is 26.7 Å². The summed E-state index contributed by atoms with van der Waals surface area (Å²) in [5.74, 6) is -0.630. The van der Waals surface area contributed by atoms with E-state index >= 15 is 0 Å². The van der Waals surface area contributed by atoms with Crippen LogP contribution in [0.5, 0.6) is 5.75 Å². The van der Waals surface area contributed by atoms with Crippen molar-refractivity contribution < 1.29 is 36.2 Å². The molecule has 0 heterocycles. The molecule has 0 unspecified atom stereocenters. The molecule has 1 aromatic rings. The normalized spacial score (nSPS) is 17.5. The number of benzene rings is 1. The number of ether oxygens (including phenoxy) is 2. The molecule has 4 nitrogen and oxygen atoms in total. The van der Waals surface area contributed by atoms with Gasteiger partial charge in [0, 0.05) is 0 Å². The first-order valence-corrected chi connectivity index (χ1v) is 7.26. The number of hydrogen-bond donors (Lipinski definition) is 1. The Balaban J connectivity index is 1.95. The Morgan fingerprint density at radius 3 is 2.75 bits per heavy atom. The first-order valence-electron chi connectivity index (χ1n) is 7.26. The molecule has 0 spiro atoms. The maximum absolute atomic E-state index is 12.2. The van der Waals surface area contributed by atoms with Gasteiger partial charge in [0.1, 0.15) is 19.0 Å². The summed E-state index contributed by atoms with van der Waals surface area (Å²) in [7, 11) is 0. The fraction of sp³-hybridized carbons (Fsp3) is 0.533. The van der Waals surface area contributed by atoms with Crippen molar-refractivity contribution >= 4 is 5.91 Å². The predicted octanol–water partition coefficient (Wildman–Crippen LogP) is 3.36. The van der Waals surface area contributed by atoms with E-state index in [2.05, 4.69) is 14.8 Å². The van der Waals surface area contributed by atoms with Gasteiger partial charge < -0.3 is 14.8 Å². The maximum Gasteiger partial charge on any atom is 0.411 e. The summed E-state index contributed by atoms with van der Waals surface area (Å²) in [6.07, 6.45) is -2.53. The number of rotatable bonds is 6. The van der Waals surface area contributed by atoms with Crippen LogP contribution in [0.2, 0.25) is 0 Å². The summed E-state index contributed by atoms with van der Waals surface area (Å²) in [5.41, 5.74) is 1.51. The Kier molecular flexibility index (Phi) is 5.98. The molecule has 2 rings (SSSR count). The third-order valence-corrected chi connectivity index (χ3v) is 3.49. The van der Waals surface area contributed by atoms with Gasteiger partial charge in [0.15, 0.2) is 0 Å². The summed E-state index contributed by atoms with van der Waals surface area (Å²) in [6, 6.07) is 4.04. The number of hydrogen-bond acceptors (Lipinski definition) is 3. The van der Waals surface area contributed by atoms with Crippen molar-refractivity contribution in [3.63, 3.8) is 0 Å². The van der Waals surface area contributed by atoms with Gasteiger partial charge in [0.25, 0.3) is 0 Å². The van der Waals surface area contributed by atoms with Gasteiger partial charge in [-0.3, -0.25) is 4.79 Å². The molecule has 0 saturated carbocycles. The van der Waals surface area contributed by atoms with Gasteiger partial charge >= 0.3 is 12.8 Å². The molecular formula is C15H16F5NO3. The molecule has 0 fully saturated rings. The average Bonchev–Trinajstić information content (AvgIpc) is 2.45. The Hall–Kier alpha value is -1.90. The summed E-state index contributed by atoms with van der Waals surface area (Å²) in [4.78, 5) is 11.7. The zero-order valence-electron chi connectivity index (χ0n) is 12.5. The highest BCUT2D eigenvalue weighted by atomic mass is 19.4. The molecule has 1 aromatic carbocycles. The van der Waals surface area contributed by atoms with Crippen molar-refractivity contribution in [1.29, 1.82) is 0 Å². The molecular weight excluding hydrogens is 337 g/mol. The van der Waals surface area contributed by atoms with Crippen LogP contribution in [0.1, 0.15) is 30.0 Å². The lowest BCUT2D eigenvalue weighted by atomic mass is 9.87. The molecule has 1 amide bonds. The maximum atomic E-state index is 12.2. The molecule has 1 aliphatic carbocycles. The number of alkyl halides is 5. The number of carbonyl (C=O) groups is 1. The third-order valence-electron chi connectivity index (χ3n) is 3.49. The molecule has 0 bridgehead atoms. The Morgan fingerprint density at radius 1 is 1.33 bits per heavy atom. The number of nitrogens with one attached hydrogen (secondary N) is 1. The monoisotopic (exact) mass is 353 g/mol. The minimum atomic E-state index is -4.49. The SMILES string of the molecule is O=C(COCC(F)(F)F)N[C@@H]1CCCc2cc(OC(F)F)ccc21. The molecule has 1 aliphatic rings. The highest BCUT2D eigenvalue weighted by Crippen LogP contribution is 2.32. The van der Waals surface area contributed by atoms with Crippen LogP contribution in [0.25, 0.3) is 0 Å². The number of halogens is 5. The molecule has 1 N–H and O–H groups in total. The summed E-state index contributed by atoms with van der Waals surface area (Å²) in [5, 5.41) is 2.60. The second-order valence-corrected chi connectivity index (χ2v) is 5.36. The summed E-state index contributed by atoms with van der Waals surface area (Å²) >= 11 is 0. The van der Waals surface area contributed by atoms with Crippen molar-refractivity contribution in [2.24, 2.45) is 0 Å². The Labute approximate surface area is 134 Å². The highest BCUT2D eigenvalue weighted by molar-refractivity contribution is 5.77. The summed E-state index contributed by atoms with van der Waals surface area (Å²) < 4.78 is 69.0. The Bertz CT molecular complexity index is 577. The first-order chi connectivity index (χ1) is 11.2. The lowest BCUT2D eigenvalue weighted by Crippen LogP contribution is -2.34. The average molecular weight is 353 g/mol. The largest absolute Gasteiger partial charge is 0.435 e. The molecule has 134 valence electrons. The fourth-order valence-corrected chi connectivity index (χ4v) is 2.61. The molecule has 0 aromatic heterocycles. The van der Waals surface area contributed by atoms with E-state index < -0.39 is 38.0 Å². The van der Waals surface area contributed by atoms with E-state index in [0.717, 1.165) is 11.1 Å². The number of aryl methyl sites for hydroxylation is 1. The van der Waals surface area contributed by atoms with Gasteiger partial charge in [-0.25, -0.2) is 0 Å². The molecule has 0 saturated heterocycles. The van der Waals surface area contributed by atoms with Crippen LogP contribution in [0.15, 0.2) is 18.2 Å². The molecule has 0 radical (unpaired) electrons. The fourth-order valence-electron chi connectivity index (χ4n) is 2.61. The predicted molar refractivity (Wildman–Crippen MR) is 73.8 cm³/mol. The van der Waals surface area contributed by atoms with E-state index in [4.69, 9.17) is 0 Å². The zero-order chi connectivity index (χ0) is 17.7. The van der Waals surface area contributed by atoms with Crippen molar-refractivity contribution in [3.8, 4) is 5.75 Å². The van der Waals surface area contributed by atoms with Crippen molar-refractivity contribution in [1.82, 2.24) is 5.32 Å². The third kappa shape index (κ3) is 5.63. The van der Waals surface area contributed by atoms with Gasteiger partial charge in [-0.15, -0.1) is 0 Å². The quantitative estimate of drug-likeness (QED) is 0.798. The van der Waals surface area contributed by atoms with Crippen LogP contribution in [0, 0.1) is 0 Å². The van der Waals surface area contributed by atoms with Crippen molar-refractivity contribution in [2.75, 3.05) is 13.2 Å². The lowest BCUT2D eigenvalue weighted by Gasteiger charge is -2.27. The number of amides is 1. The second kappa shape index (κ2) is 7.78. The molecule has 1 atom stereocenters. The van der Waals surface area contributed by atoms with Gasteiger partial charge in [0.2, 0.25) is 5.91 Å². The van der Waals surface area contributed by atoms with Crippen LogP contribution in [0.4, 0.5) is 22.0 Å². The van der Waals surface area contributed by atoms with E-state index in [1.165, 1.54) is 12.1 Å². The summed E-state index contributed by atoms with van der Waals surface area (Å²) in [6.45, 7) is -5.11. The van der Waals surface area contributed by atoms with Crippen LogP contribution in [0.3, 0.4) is 0 Å². The minimum absolute atomic E-state index is 0.0317.